The highest BCUT2D eigenvalue weighted by molar-refractivity contribution is 5.54. The van der Waals surface area contributed by atoms with Crippen LogP contribution in [0.15, 0.2) is 18.2 Å². The maximum absolute atomic E-state index is 5.45. The van der Waals surface area contributed by atoms with Gasteiger partial charge in [0.1, 0.15) is 5.75 Å². The van der Waals surface area contributed by atoms with Crippen LogP contribution in [-0.4, -0.2) is 26.4 Å². The molecule has 2 rings (SSSR count). The van der Waals surface area contributed by atoms with E-state index in [1.54, 1.807) is 7.11 Å². The third-order valence-electron chi connectivity index (χ3n) is 2.95. The van der Waals surface area contributed by atoms with Crippen molar-refractivity contribution in [2.45, 2.75) is 25.8 Å². The predicted octanol–water partition coefficient (Wildman–Crippen LogP) is 2.59. The van der Waals surface area contributed by atoms with Crippen LogP contribution in [0.2, 0.25) is 0 Å². The smallest absolute Gasteiger partial charge is 0.119 e. The van der Waals surface area contributed by atoms with E-state index in [0.717, 1.165) is 25.4 Å². The maximum Gasteiger partial charge on any atom is 0.119 e. The largest absolute Gasteiger partial charge is 0.497 e. The van der Waals surface area contributed by atoms with Gasteiger partial charge in [0.25, 0.3) is 0 Å². The van der Waals surface area contributed by atoms with E-state index in [1.165, 1.54) is 17.7 Å². The number of ether oxygens (including phenoxy) is 2. The molecule has 3 heteroatoms. The van der Waals surface area contributed by atoms with Gasteiger partial charge in [-0.15, -0.1) is 0 Å². The molecule has 1 saturated heterocycles. The van der Waals surface area contributed by atoms with Crippen molar-refractivity contribution < 1.29 is 9.47 Å². The van der Waals surface area contributed by atoms with Gasteiger partial charge in [0.2, 0.25) is 0 Å². The lowest BCUT2D eigenvalue weighted by Gasteiger charge is -2.25. The van der Waals surface area contributed by atoms with Gasteiger partial charge >= 0.3 is 0 Å². The molecule has 1 aliphatic heterocycles. The number of nitrogens with one attached hydrogen (secondary N) is 1. The first-order valence-electron chi connectivity index (χ1n) is 5.78. The van der Waals surface area contributed by atoms with E-state index in [9.17, 15) is 0 Å². The first-order valence-corrected chi connectivity index (χ1v) is 5.78. The summed E-state index contributed by atoms with van der Waals surface area (Å²) in [6.45, 7) is 3.81. The first-order chi connectivity index (χ1) is 7.79. The van der Waals surface area contributed by atoms with Crippen molar-refractivity contribution in [1.82, 2.24) is 0 Å². The van der Waals surface area contributed by atoms with E-state index < -0.39 is 0 Å². The van der Waals surface area contributed by atoms with Crippen LogP contribution in [0.1, 0.15) is 18.4 Å². The summed E-state index contributed by atoms with van der Waals surface area (Å²) in [5, 5.41) is 3.52. The molecule has 1 aliphatic rings. The molecule has 0 saturated carbocycles. The maximum atomic E-state index is 5.45. The summed E-state index contributed by atoms with van der Waals surface area (Å²) < 4.78 is 10.6. The predicted molar refractivity (Wildman–Crippen MR) is 65.2 cm³/mol. The second-order valence-corrected chi connectivity index (χ2v) is 4.24. The van der Waals surface area contributed by atoms with Gasteiger partial charge in [-0.25, -0.2) is 0 Å². The Morgan fingerprint density at radius 3 is 2.94 bits per heavy atom. The summed E-state index contributed by atoms with van der Waals surface area (Å²) >= 11 is 0. The Morgan fingerprint density at radius 1 is 1.44 bits per heavy atom. The minimum atomic E-state index is 0.445. The first kappa shape index (κ1) is 11.3. The second kappa shape index (κ2) is 5.21. The van der Waals surface area contributed by atoms with Crippen LogP contribution >= 0.6 is 0 Å². The Balaban J connectivity index is 2.03. The summed E-state index contributed by atoms with van der Waals surface area (Å²) in [7, 11) is 1.69. The molecule has 1 aromatic rings. The molecule has 1 atom stereocenters. The van der Waals surface area contributed by atoms with Gasteiger partial charge in [-0.3, -0.25) is 0 Å². The van der Waals surface area contributed by atoms with E-state index in [4.69, 9.17) is 9.47 Å². The van der Waals surface area contributed by atoms with Gasteiger partial charge in [-0.1, -0.05) is 0 Å². The van der Waals surface area contributed by atoms with Crippen molar-refractivity contribution in [2.75, 3.05) is 25.6 Å². The van der Waals surface area contributed by atoms with E-state index in [0.29, 0.717) is 6.04 Å². The van der Waals surface area contributed by atoms with Crippen molar-refractivity contribution in [3.8, 4) is 5.75 Å². The van der Waals surface area contributed by atoms with Crippen LogP contribution in [-0.2, 0) is 4.74 Å². The summed E-state index contributed by atoms with van der Waals surface area (Å²) in [4.78, 5) is 0. The molecule has 0 aliphatic carbocycles. The standard InChI is InChI=1S/C13H19NO2/c1-10-8-12(15-2)5-6-13(10)14-11-4-3-7-16-9-11/h5-6,8,11,14H,3-4,7,9H2,1-2H3. The fourth-order valence-electron chi connectivity index (χ4n) is 2.00. The van der Waals surface area contributed by atoms with Crippen molar-refractivity contribution in [3.63, 3.8) is 0 Å². The molecule has 1 fully saturated rings. The third-order valence-corrected chi connectivity index (χ3v) is 2.95. The van der Waals surface area contributed by atoms with Crippen LogP contribution in [0.25, 0.3) is 0 Å². The van der Waals surface area contributed by atoms with E-state index in [1.807, 2.05) is 12.1 Å². The van der Waals surface area contributed by atoms with Gasteiger partial charge in [0.15, 0.2) is 0 Å². The number of methoxy groups -OCH3 is 1. The van der Waals surface area contributed by atoms with Crippen LogP contribution in [0, 0.1) is 6.92 Å². The molecule has 16 heavy (non-hydrogen) atoms. The molecule has 1 heterocycles. The number of aryl methyl sites for hydroxylation is 1. The van der Waals surface area contributed by atoms with Crippen molar-refractivity contribution in [1.29, 1.82) is 0 Å². The van der Waals surface area contributed by atoms with Crippen LogP contribution in [0.4, 0.5) is 5.69 Å². The fraction of sp³-hybridized carbons (Fsp3) is 0.538. The van der Waals surface area contributed by atoms with Gasteiger partial charge < -0.3 is 14.8 Å². The lowest BCUT2D eigenvalue weighted by atomic mass is 10.1. The topological polar surface area (TPSA) is 30.5 Å². The molecule has 0 amide bonds. The minimum Gasteiger partial charge on any atom is -0.497 e. The van der Waals surface area contributed by atoms with Crippen LogP contribution in [0.5, 0.6) is 5.75 Å². The number of anilines is 1. The molecule has 1 N–H and O–H groups in total. The zero-order chi connectivity index (χ0) is 11.4. The average Bonchev–Trinajstić information content (AvgIpc) is 2.33. The number of rotatable bonds is 3. The number of hydrogen-bond acceptors (Lipinski definition) is 3. The zero-order valence-electron chi connectivity index (χ0n) is 9.95. The summed E-state index contributed by atoms with van der Waals surface area (Å²) in [5.41, 5.74) is 2.39. The van der Waals surface area contributed by atoms with Crippen molar-refractivity contribution in [3.05, 3.63) is 23.8 Å². The molecule has 0 radical (unpaired) electrons. The Bertz CT molecular complexity index is 346. The highest BCUT2D eigenvalue weighted by atomic mass is 16.5. The molecule has 0 aromatic heterocycles. The van der Waals surface area contributed by atoms with Crippen molar-refractivity contribution >= 4 is 5.69 Å². The monoisotopic (exact) mass is 221 g/mol. The summed E-state index contributed by atoms with van der Waals surface area (Å²) in [6.07, 6.45) is 2.33. The quantitative estimate of drug-likeness (QED) is 0.851. The van der Waals surface area contributed by atoms with Gasteiger partial charge in [-0.2, -0.15) is 0 Å². The molecule has 1 aromatic carbocycles. The summed E-state index contributed by atoms with van der Waals surface area (Å²) in [6, 6.07) is 6.55. The summed E-state index contributed by atoms with van der Waals surface area (Å²) in [5.74, 6) is 0.906. The molecular formula is C13H19NO2. The lowest BCUT2D eigenvalue weighted by molar-refractivity contribution is 0.0876. The van der Waals surface area contributed by atoms with E-state index in [2.05, 4.69) is 18.3 Å². The average molecular weight is 221 g/mol. The van der Waals surface area contributed by atoms with Gasteiger partial charge in [0.05, 0.1) is 13.7 Å². The molecule has 1 unspecified atom stereocenters. The van der Waals surface area contributed by atoms with Gasteiger partial charge in [-0.05, 0) is 43.5 Å². The second-order valence-electron chi connectivity index (χ2n) is 4.24. The lowest BCUT2D eigenvalue weighted by Crippen LogP contribution is -2.30. The molecule has 3 nitrogen and oxygen atoms in total. The molecular weight excluding hydrogens is 202 g/mol. The normalized spacial score (nSPS) is 20.5. The highest BCUT2D eigenvalue weighted by Crippen LogP contribution is 2.23. The third kappa shape index (κ3) is 2.67. The van der Waals surface area contributed by atoms with Crippen molar-refractivity contribution in [2.24, 2.45) is 0 Å². The Kier molecular flexibility index (Phi) is 3.67. The molecule has 0 spiro atoms. The number of hydrogen-bond donors (Lipinski definition) is 1. The van der Waals surface area contributed by atoms with E-state index in [-0.39, 0.29) is 0 Å². The SMILES string of the molecule is COc1ccc(NC2CCCOC2)c(C)c1. The Labute approximate surface area is 96.8 Å². The van der Waals surface area contributed by atoms with Gasteiger partial charge in [0, 0.05) is 18.3 Å². The number of benzene rings is 1. The van der Waals surface area contributed by atoms with Crippen LogP contribution < -0.4 is 10.1 Å². The van der Waals surface area contributed by atoms with E-state index >= 15 is 0 Å². The highest BCUT2D eigenvalue weighted by Gasteiger charge is 2.14. The fourth-order valence-corrected chi connectivity index (χ4v) is 2.00. The molecule has 88 valence electrons. The Morgan fingerprint density at radius 2 is 2.31 bits per heavy atom. The van der Waals surface area contributed by atoms with Crippen LogP contribution in [0.3, 0.4) is 0 Å². The Hall–Kier alpha value is -1.22. The zero-order valence-corrected chi connectivity index (χ0v) is 9.95. The minimum absolute atomic E-state index is 0.445. The molecule has 0 bridgehead atoms.